The summed E-state index contributed by atoms with van der Waals surface area (Å²) in [6.07, 6.45) is 10.3. The minimum atomic E-state index is 0.295. The Bertz CT molecular complexity index is 480. The largest absolute Gasteiger partial charge is 0.0990 e. The zero-order valence-electron chi connectivity index (χ0n) is 11.3. The molecule has 0 bridgehead atoms. The highest BCUT2D eigenvalue weighted by molar-refractivity contribution is 14.1. The van der Waals surface area contributed by atoms with E-state index in [1.165, 1.54) is 22.8 Å². The van der Waals surface area contributed by atoms with Crippen LogP contribution in [-0.2, 0) is 0 Å². The van der Waals surface area contributed by atoms with Gasteiger partial charge >= 0.3 is 0 Å². The molecule has 0 N–H and O–H groups in total. The van der Waals surface area contributed by atoms with Gasteiger partial charge in [-0.05, 0) is 111 Å². The molecule has 2 unspecified atom stereocenters. The van der Waals surface area contributed by atoms with Crippen molar-refractivity contribution in [3.8, 4) is 0 Å². The lowest BCUT2D eigenvalue weighted by Gasteiger charge is -2.35. The number of rotatable bonds is 2. The van der Waals surface area contributed by atoms with Gasteiger partial charge in [0.15, 0.2) is 0 Å². The van der Waals surface area contributed by atoms with Crippen molar-refractivity contribution in [3.63, 3.8) is 0 Å². The highest BCUT2D eigenvalue weighted by atomic mass is 127. The van der Waals surface area contributed by atoms with Crippen molar-refractivity contribution >= 4 is 67.8 Å². The summed E-state index contributed by atoms with van der Waals surface area (Å²) in [5.74, 6) is 1.58. The van der Waals surface area contributed by atoms with Gasteiger partial charge in [0.1, 0.15) is 0 Å². The maximum absolute atomic E-state index is 3.79. The Morgan fingerprint density at radius 2 is 2.05 bits per heavy atom. The summed E-state index contributed by atoms with van der Waals surface area (Å²) in [6.45, 7) is 8.64. The molecule has 2 atom stereocenters. The quantitative estimate of drug-likeness (QED) is 0.241. The van der Waals surface area contributed by atoms with Crippen LogP contribution in [0.15, 0.2) is 41.1 Å². The number of hydrogen-bond donors (Lipinski definition) is 0. The van der Waals surface area contributed by atoms with Gasteiger partial charge in [-0.1, -0.05) is 32.1 Å². The van der Waals surface area contributed by atoms with E-state index in [4.69, 9.17) is 0 Å². The topological polar surface area (TPSA) is 0 Å². The minimum absolute atomic E-state index is 0.295. The summed E-state index contributed by atoms with van der Waals surface area (Å²) in [6, 6.07) is 0. The van der Waals surface area contributed by atoms with Gasteiger partial charge in [-0.3, -0.25) is 0 Å². The van der Waals surface area contributed by atoms with Gasteiger partial charge in [0.25, 0.3) is 0 Å². The molecule has 3 heteroatoms. The first-order chi connectivity index (χ1) is 8.87. The summed E-state index contributed by atoms with van der Waals surface area (Å²) < 4.78 is 4.50. The van der Waals surface area contributed by atoms with Crippen LogP contribution < -0.4 is 0 Å². The third kappa shape index (κ3) is 3.33. The van der Waals surface area contributed by atoms with E-state index in [1.54, 1.807) is 12.7 Å². The average molecular weight is 592 g/mol. The number of hydrogen-bond acceptors (Lipinski definition) is 0. The van der Waals surface area contributed by atoms with E-state index in [0.717, 1.165) is 11.8 Å². The van der Waals surface area contributed by atoms with E-state index >= 15 is 0 Å². The van der Waals surface area contributed by atoms with E-state index in [2.05, 4.69) is 100 Å². The van der Waals surface area contributed by atoms with Crippen LogP contribution in [0.3, 0.4) is 0 Å². The molecule has 0 nitrogen and oxygen atoms in total. The summed E-state index contributed by atoms with van der Waals surface area (Å²) in [5, 5.41) is 0. The standard InChI is InChI=1S/C16H19I3/c1-4-5-12(17)9-11-8-10-6-7-13(18)15(19)14(10)16(11,2)3/h4-5,9-10,14H,1,6-8H2,2-3H3/b11-9+,12-5+. The first-order valence-electron chi connectivity index (χ1n) is 6.61. The van der Waals surface area contributed by atoms with E-state index < -0.39 is 0 Å². The summed E-state index contributed by atoms with van der Waals surface area (Å²) in [7, 11) is 0. The van der Waals surface area contributed by atoms with Crippen molar-refractivity contribution in [1.29, 1.82) is 0 Å². The van der Waals surface area contributed by atoms with Crippen molar-refractivity contribution in [1.82, 2.24) is 0 Å². The first kappa shape index (κ1) is 16.5. The molecule has 19 heavy (non-hydrogen) atoms. The Morgan fingerprint density at radius 1 is 1.37 bits per heavy atom. The zero-order chi connectivity index (χ0) is 14.2. The third-order valence-electron chi connectivity index (χ3n) is 4.41. The van der Waals surface area contributed by atoms with E-state index in [1.807, 2.05) is 6.08 Å². The van der Waals surface area contributed by atoms with Gasteiger partial charge in [0.2, 0.25) is 0 Å². The minimum Gasteiger partial charge on any atom is -0.0990 e. The van der Waals surface area contributed by atoms with Crippen LogP contribution in [0.5, 0.6) is 0 Å². The summed E-state index contributed by atoms with van der Waals surface area (Å²) in [5.41, 5.74) is 1.91. The highest BCUT2D eigenvalue weighted by Crippen LogP contribution is 2.60. The van der Waals surface area contributed by atoms with E-state index in [9.17, 15) is 0 Å². The molecule has 1 fully saturated rings. The summed E-state index contributed by atoms with van der Waals surface area (Å²) in [4.78, 5) is 0. The molecule has 1 saturated carbocycles. The first-order valence-corrected chi connectivity index (χ1v) is 9.85. The van der Waals surface area contributed by atoms with Crippen LogP contribution in [0, 0.1) is 17.3 Å². The monoisotopic (exact) mass is 592 g/mol. The lowest BCUT2D eigenvalue weighted by molar-refractivity contribution is 0.278. The van der Waals surface area contributed by atoms with Gasteiger partial charge < -0.3 is 0 Å². The normalized spacial score (nSPS) is 32.7. The Hall–Kier alpha value is 1.15. The van der Waals surface area contributed by atoms with Crippen molar-refractivity contribution in [2.24, 2.45) is 17.3 Å². The van der Waals surface area contributed by atoms with Gasteiger partial charge in [0.05, 0.1) is 0 Å². The summed E-state index contributed by atoms with van der Waals surface area (Å²) >= 11 is 7.56. The molecule has 0 aromatic heterocycles. The van der Waals surface area contributed by atoms with Crippen molar-refractivity contribution in [2.75, 3.05) is 0 Å². The molecular weight excluding hydrogens is 573 g/mol. The van der Waals surface area contributed by atoms with Crippen LogP contribution >= 0.6 is 67.8 Å². The lowest BCUT2D eigenvalue weighted by atomic mass is 9.74. The molecule has 2 rings (SSSR count). The molecule has 0 aromatic rings. The highest BCUT2D eigenvalue weighted by Gasteiger charge is 2.48. The molecule has 0 amide bonds. The second-order valence-corrected chi connectivity index (χ2v) is 9.62. The molecule has 0 aliphatic heterocycles. The van der Waals surface area contributed by atoms with Crippen molar-refractivity contribution in [3.05, 3.63) is 41.1 Å². The molecule has 0 spiro atoms. The predicted octanol–water partition coefficient (Wildman–Crippen LogP) is 6.96. The fourth-order valence-corrected chi connectivity index (χ4v) is 6.25. The van der Waals surface area contributed by atoms with Gasteiger partial charge in [-0.2, -0.15) is 0 Å². The molecule has 2 aliphatic rings. The smallest absolute Gasteiger partial charge is 0.0129 e. The lowest BCUT2D eigenvalue weighted by Crippen LogP contribution is -2.26. The second-order valence-electron chi connectivity index (χ2n) is 5.91. The zero-order valence-corrected chi connectivity index (χ0v) is 17.8. The fourth-order valence-electron chi connectivity index (χ4n) is 3.42. The third-order valence-corrected chi connectivity index (χ3v) is 8.56. The average Bonchev–Trinajstić information content (AvgIpc) is 2.57. The maximum Gasteiger partial charge on any atom is 0.0129 e. The molecular formula is C16H19I3. The van der Waals surface area contributed by atoms with Crippen LogP contribution in [0.4, 0.5) is 0 Å². The number of halogens is 3. The SMILES string of the molecule is C=C/C=C(I)\C=C1/CC2CCC(I)=C(I)C2C1(C)C. The maximum atomic E-state index is 3.79. The Labute approximate surface area is 157 Å². The van der Waals surface area contributed by atoms with Crippen molar-refractivity contribution in [2.45, 2.75) is 33.1 Å². The van der Waals surface area contributed by atoms with Gasteiger partial charge in [-0.25, -0.2) is 0 Å². The fraction of sp³-hybridized carbons (Fsp3) is 0.500. The van der Waals surface area contributed by atoms with Crippen LogP contribution in [0.25, 0.3) is 0 Å². The van der Waals surface area contributed by atoms with Crippen LogP contribution in [-0.4, -0.2) is 0 Å². The molecule has 0 aromatic carbocycles. The molecule has 0 radical (unpaired) electrons. The number of fused-ring (bicyclic) bond motifs is 1. The molecule has 104 valence electrons. The van der Waals surface area contributed by atoms with Crippen LogP contribution in [0.2, 0.25) is 0 Å². The van der Waals surface area contributed by atoms with Gasteiger partial charge in [0, 0.05) is 16.7 Å². The molecule has 0 saturated heterocycles. The Kier molecular flexibility index (Phi) is 5.65. The predicted molar refractivity (Wildman–Crippen MR) is 110 cm³/mol. The Morgan fingerprint density at radius 3 is 2.68 bits per heavy atom. The molecule has 0 heterocycles. The van der Waals surface area contributed by atoms with Gasteiger partial charge in [-0.15, -0.1) is 0 Å². The van der Waals surface area contributed by atoms with Crippen molar-refractivity contribution < 1.29 is 0 Å². The van der Waals surface area contributed by atoms with E-state index in [0.29, 0.717) is 5.41 Å². The Balaban J connectivity index is 2.39. The number of allylic oxidation sites excluding steroid dienone is 7. The second kappa shape index (κ2) is 6.50. The molecule has 2 aliphatic carbocycles. The van der Waals surface area contributed by atoms with Crippen LogP contribution in [0.1, 0.15) is 33.1 Å². The van der Waals surface area contributed by atoms with E-state index in [-0.39, 0.29) is 0 Å².